The Morgan fingerprint density at radius 1 is 1.28 bits per heavy atom. The normalized spacial score (nSPS) is 19.3. The van der Waals surface area contributed by atoms with Gasteiger partial charge in [-0.25, -0.2) is 0 Å². The maximum atomic E-state index is 6.22. The average molecular weight is 241 g/mol. The van der Waals surface area contributed by atoms with Gasteiger partial charge in [0.15, 0.2) is 0 Å². The summed E-state index contributed by atoms with van der Waals surface area (Å²) in [7, 11) is 0. The van der Waals surface area contributed by atoms with Crippen LogP contribution in [0, 0.1) is 0 Å². The SMILES string of the molecule is NC1CCCCc2cn(Cc3ccccn3)cc21. The molecule has 1 aliphatic carbocycles. The first-order valence-corrected chi connectivity index (χ1v) is 6.67. The predicted octanol–water partition coefficient (Wildman–Crippen LogP) is 2.66. The van der Waals surface area contributed by atoms with Gasteiger partial charge in [0.25, 0.3) is 0 Å². The molecule has 1 atom stereocenters. The monoisotopic (exact) mass is 241 g/mol. The molecule has 3 rings (SSSR count). The Bertz CT molecular complexity index is 516. The van der Waals surface area contributed by atoms with Gasteiger partial charge in [0.2, 0.25) is 0 Å². The first-order chi connectivity index (χ1) is 8.83. The molecule has 0 radical (unpaired) electrons. The second-order valence-corrected chi connectivity index (χ2v) is 5.08. The van der Waals surface area contributed by atoms with Crippen LogP contribution in [0.25, 0.3) is 0 Å². The van der Waals surface area contributed by atoms with E-state index in [4.69, 9.17) is 5.73 Å². The van der Waals surface area contributed by atoms with Crippen molar-refractivity contribution < 1.29 is 0 Å². The standard InChI is InChI=1S/C15H19N3/c16-15-7-2-1-5-12-9-18(11-14(12)15)10-13-6-3-4-8-17-13/h3-4,6,8-9,11,15H,1-2,5,7,10,16H2. The molecular formula is C15H19N3. The number of aryl methyl sites for hydroxylation is 1. The third-order valence-corrected chi connectivity index (χ3v) is 3.68. The summed E-state index contributed by atoms with van der Waals surface area (Å²) in [5.74, 6) is 0. The van der Waals surface area contributed by atoms with E-state index in [-0.39, 0.29) is 6.04 Å². The van der Waals surface area contributed by atoms with E-state index in [1.807, 2.05) is 18.3 Å². The molecule has 0 aliphatic heterocycles. The van der Waals surface area contributed by atoms with E-state index in [0.717, 1.165) is 25.1 Å². The molecule has 0 aromatic carbocycles. The highest BCUT2D eigenvalue weighted by molar-refractivity contribution is 5.29. The van der Waals surface area contributed by atoms with Crippen LogP contribution in [0.5, 0.6) is 0 Å². The molecule has 1 unspecified atom stereocenters. The Kier molecular flexibility index (Phi) is 3.15. The summed E-state index contributed by atoms with van der Waals surface area (Å²) in [6.07, 6.45) is 11.1. The summed E-state index contributed by atoms with van der Waals surface area (Å²) in [4.78, 5) is 4.37. The summed E-state index contributed by atoms with van der Waals surface area (Å²) in [6, 6.07) is 6.25. The van der Waals surface area contributed by atoms with Crippen LogP contribution in [-0.2, 0) is 13.0 Å². The molecule has 3 nitrogen and oxygen atoms in total. The Morgan fingerprint density at radius 2 is 2.22 bits per heavy atom. The molecule has 2 aromatic heterocycles. The number of hydrogen-bond acceptors (Lipinski definition) is 2. The number of rotatable bonds is 2. The second-order valence-electron chi connectivity index (χ2n) is 5.08. The predicted molar refractivity (Wildman–Crippen MR) is 72.3 cm³/mol. The van der Waals surface area contributed by atoms with Crippen molar-refractivity contribution in [3.05, 3.63) is 53.6 Å². The average Bonchev–Trinajstić information content (AvgIpc) is 2.71. The smallest absolute Gasteiger partial charge is 0.0642 e. The van der Waals surface area contributed by atoms with Crippen molar-refractivity contribution in [2.45, 2.75) is 38.3 Å². The van der Waals surface area contributed by atoms with Gasteiger partial charge in [-0.3, -0.25) is 4.98 Å². The van der Waals surface area contributed by atoms with Crippen molar-refractivity contribution >= 4 is 0 Å². The topological polar surface area (TPSA) is 43.8 Å². The van der Waals surface area contributed by atoms with Crippen molar-refractivity contribution in [1.82, 2.24) is 9.55 Å². The van der Waals surface area contributed by atoms with Crippen LogP contribution in [0.1, 0.15) is 42.1 Å². The first kappa shape index (κ1) is 11.5. The van der Waals surface area contributed by atoms with Crippen LogP contribution < -0.4 is 5.73 Å². The molecule has 0 saturated heterocycles. The molecule has 2 N–H and O–H groups in total. The lowest BCUT2D eigenvalue weighted by atomic mass is 10.1. The van der Waals surface area contributed by atoms with Gasteiger partial charge in [-0.1, -0.05) is 12.5 Å². The summed E-state index contributed by atoms with van der Waals surface area (Å²) >= 11 is 0. The molecule has 0 fully saturated rings. The molecule has 0 saturated carbocycles. The van der Waals surface area contributed by atoms with E-state index in [1.54, 1.807) is 0 Å². The number of nitrogens with zero attached hydrogens (tertiary/aromatic N) is 2. The first-order valence-electron chi connectivity index (χ1n) is 6.67. The summed E-state index contributed by atoms with van der Waals surface area (Å²) in [5, 5.41) is 0. The lowest BCUT2D eigenvalue weighted by Crippen LogP contribution is -2.09. The van der Waals surface area contributed by atoms with E-state index >= 15 is 0 Å². The number of pyridine rings is 1. The van der Waals surface area contributed by atoms with Gasteiger partial charge < -0.3 is 10.3 Å². The van der Waals surface area contributed by atoms with Crippen molar-refractivity contribution in [2.24, 2.45) is 5.73 Å². The van der Waals surface area contributed by atoms with E-state index in [0.29, 0.717) is 0 Å². The molecule has 0 spiro atoms. The molecule has 3 heteroatoms. The van der Waals surface area contributed by atoms with Crippen LogP contribution in [0.15, 0.2) is 36.8 Å². The van der Waals surface area contributed by atoms with Crippen LogP contribution >= 0.6 is 0 Å². The van der Waals surface area contributed by atoms with E-state index < -0.39 is 0 Å². The van der Waals surface area contributed by atoms with Gasteiger partial charge in [0.1, 0.15) is 0 Å². The third-order valence-electron chi connectivity index (χ3n) is 3.68. The summed E-state index contributed by atoms with van der Waals surface area (Å²) < 4.78 is 2.22. The Labute approximate surface area is 108 Å². The fraction of sp³-hybridized carbons (Fsp3) is 0.400. The van der Waals surface area contributed by atoms with Crippen LogP contribution in [0.2, 0.25) is 0 Å². The zero-order chi connectivity index (χ0) is 12.4. The Balaban J connectivity index is 1.85. The van der Waals surface area contributed by atoms with E-state index in [9.17, 15) is 0 Å². The zero-order valence-corrected chi connectivity index (χ0v) is 10.5. The molecule has 1 aliphatic rings. The summed E-state index contributed by atoms with van der Waals surface area (Å²) in [6.45, 7) is 0.834. The minimum Gasteiger partial charge on any atom is -0.348 e. The van der Waals surface area contributed by atoms with Crippen molar-refractivity contribution in [3.8, 4) is 0 Å². The number of fused-ring (bicyclic) bond motifs is 1. The van der Waals surface area contributed by atoms with Gasteiger partial charge in [0, 0.05) is 24.6 Å². The number of hydrogen-bond donors (Lipinski definition) is 1. The fourth-order valence-electron chi connectivity index (χ4n) is 2.72. The maximum Gasteiger partial charge on any atom is 0.0642 e. The van der Waals surface area contributed by atoms with Crippen LogP contribution in [0.4, 0.5) is 0 Å². The summed E-state index contributed by atoms with van der Waals surface area (Å²) in [5.41, 5.74) is 10.1. The Hall–Kier alpha value is -1.61. The van der Waals surface area contributed by atoms with Gasteiger partial charge >= 0.3 is 0 Å². The highest BCUT2D eigenvalue weighted by Gasteiger charge is 2.17. The van der Waals surface area contributed by atoms with E-state index in [1.165, 1.54) is 24.0 Å². The van der Waals surface area contributed by atoms with Gasteiger partial charge in [-0.15, -0.1) is 0 Å². The number of nitrogens with two attached hydrogens (primary N) is 1. The molecule has 2 aromatic rings. The quantitative estimate of drug-likeness (QED) is 0.821. The molecule has 94 valence electrons. The van der Waals surface area contributed by atoms with Gasteiger partial charge in [0.05, 0.1) is 12.2 Å². The molecular weight excluding hydrogens is 222 g/mol. The van der Waals surface area contributed by atoms with E-state index in [2.05, 4.69) is 28.0 Å². The second kappa shape index (κ2) is 4.94. The minimum absolute atomic E-state index is 0.215. The van der Waals surface area contributed by atoms with Gasteiger partial charge in [-0.2, -0.15) is 0 Å². The third kappa shape index (κ3) is 2.31. The molecule has 2 heterocycles. The van der Waals surface area contributed by atoms with Gasteiger partial charge in [-0.05, 0) is 42.5 Å². The minimum atomic E-state index is 0.215. The lowest BCUT2D eigenvalue weighted by Gasteiger charge is -2.07. The Morgan fingerprint density at radius 3 is 3.06 bits per heavy atom. The molecule has 0 amide bonds. The van der Waals surface area contributed by atoms with Crippen LogP contribution in [0.3, 0.4) is 0 Å². The largest absolute Gasteiger partial charge is 0.348 e. The molecule has 0 bridgehead atoms. The highest BCUT2D eigenvalue weighted by atomic mass is 15.0. The van der Waals surface area contributed by atoms with Crippen molar-refractivity contribution in [2.75, 3.05) is 0 Å². The fourth-order valence-corrected chi connectivity index (χ4v) is 2.72. The van der Waals surface area contributed by atoms with Crippen LogP contribution in [-0.4, -0.2) is 9.55 Å². The maximum absolute atomic E-state index is 6.22. The lowest BCUT2D eigenvalue weighted by molar-refractivity contribution is 0.609. The van der Waals surface area contributed by atoms with Crippen molar-refractivity contribution in [3.63, 3.8) is 0 Å². The molecule has 18 heavy (non-hydrogen) atoms. The number of aromatic nitrogens is 2. The zero-order valence-electron chi connectivity index (χ0n) is 10.5. The highest BCUT2D eigenvalue weighted by Crippen LogP contribution is 2.27. The van der Waals surface area contributed by atoms with Crippen molar-refractivity contribution in [1.29, 1.82) is 0 Å².